The Morgan fingerprint density at radius 3 is 2.16 bits per heavy atom. The van der Waals surface area contributed by atoms with Gasteiger partial charge in [0.1, 0.15) is 12.4 Å². The number of phenolic OH excluding ortho intramolecular Hbond substituents is 1. The first-order valence-corrected chi connectivity index (χ1v) is 10.6. The van der Waals surface area contributed by atoms with Crippen molar-refractivity contribution >= 4 is 11.1 Å². The van der Waals surface area contributed by atoms with Gasteiger partial charge < -0.3 is 19.5 Å². The van der Waals surface area contributed by atoms with Crippen LogP contribution in [0.5, 0.6) is 17.2 Å². The highest BCUT2D eigenvalue weighted by molar-refractivity contribution is 5.98. The number of hydrogen-bond acceptors (Lipinski definition) is 4. The number of likely N-dealkylation sites (N-methyl/N-ethyl adjacent to an activating group) is 1. The van der Waals surface area contributed by atoms with Crippen molar-refractivity contribution in [2.45, 2.75) is 13.3 Å². The van der Waals surface area contributed by atoms with Crippen LogP contribution in [-0.2, 0) is 0 Å². The molecular formula is C27H31NO3. The minimum atomic E-state index is 0.132. The number of aromatic hydroxyl groups is 1. The topological polar surface area (TPSA) is 41.9 Å². The van der Waals surface area contributed by atoms with Crippen LogP contribution in [-0.4, -0.2) is 44.4 Å². The third-order valence-electron chi connectivity index (χ3n) is 5.20. The highest BCUT2D eigenvalue weighted by Gasteiger charge is 2.15. The zero-order valence-corrected chi connectivity index (χ0v) is 18.8. The molecule has 0 atom stereocenters. The van der Waals surface area contributed by atoms with Gasteiger partial charge in [0.15, 0.2) is 11.5 Å². The van der Waals surface area contributed by atoms with Gasteiger partial charge in [-0.25, -0.2) is 0 Å². The summed E-state index contributed by atoms with van der Waals surface area (Å²) in [5.41, 5.74) is 5.62. The van der Waals surface area contributed by atoms with E-state index in [1.54, 1.807) is 13.2 Å². The minimum absolute atomic E-state index is 0.132. The van der Waals surface area contributed by atoms with Gasteiger partial charge in [0.2, 0.25) is 0 Å². The van der Waals surface area contributed by atoms with Crippen molar-refractivity contribution in [1.82, 2.24) is 4.90 Å². The SMILES string of the molecule is CC/C(=C(/c1ccc(OCCN(C)C)cc1)c1ccc(O)c(OC)c1)c1ccccc1. The summed E-state index contributed by atoms with van der Waals surface area (Å²) < 4.78 is 11.2. The molecule has 0 saturated heterocycles. The van der Waals surface area contributed by atoms with Crippen LogP contribution in [0.25, 0.3) is 11.1 Å². The molecule has 0 unspecified atom stereocenters. The number of phenols is 1. The summed E-state index contributed by atoms with van der Waals surface area (Å²) in [6.45, 7) is 3.68. The lowest BCUT2D eigenvalue weighted by molar-refractivity contribution is 0.261. The Bertz CT molecular complexity index is 1010. The zero-order valence-electron chi connectivity index (χ0n) is 18.8. The molecular weight excluding hydrogens is 386 g/mol. The average molecular weight is 418 g/mol. The van der Waals surface area contributed by atoms with Gasteiger partial charge in [-0.15, -0.1) is 0 Å². The van der Waals surface area contributed by atoms with Gasteiger partial charge in [0, 0.05) is 6.54 Å². The first-order chi connectivity index (χ1) is 15.0. The summed E-state index contributed by atoms with van der Waals surface area (Å²) >= 11 is 0. The highest BCUT2D eigenvalue weighted by atomic mass is 16.5. The number of rotatable bonds is 9. The summed E-state index contributed by atoms with van der Waals surface area (Å²) in [5, 5.41) is 10.1. The van der Waals surface area contributed by atoms with Crippen molar-refractivity contribution in [3.05, 3.63) is 89.5 Å². The van der Waals surface area contributed by atoms with Gasteiger partial charge in [-0.3, -0.25) is 0 Å². The molecule has 1 N–H and O–H groups in total. The van der Waals surface area contributed by atoms with E-state index in [0.717, 1.165) is 35.4 Å². The monoisotopic (exact) mass is 417 g/mol. The summed E-state index contributed by atoms with van der Waals surface area (Å²) in [4.78, 5) is 2.10. The third kappa shape index (κ3) is 5.68. The predicted molar refractivity (Wildman–Crippen MR) is 128 cm³/mol. The van der Waals surface area contributed by atoms with Crippen LogP contribution >= 0.6 is 0 Å². The molecule has 0 spiro atoms. The molecule has 0 aromatic heterocycles. The molecule has 3 rings (SSSR count). The maximum Gasteiger partial charge on any atom is 0.161 e. The molecule has 0 aliphatic heterocycles. The van der Waals surface area contributed by atoms with E-state index in [0.29, 0.717) is 12.4 Å². The van der Waals surface area contributed by atoms with Crippen LogP contribution < -0.4 is 9.47 Å². The second kappa shape index (κ2) is 10.7. The molecule has 31 heavy (non-hydrogen) atoms. The maximum atomic E-state index is 10.1. The maximum absolute atomic E-state index is 10.1. The van der Waals surface area contributed by atoms with Crippen molar-refractivity contribution in [3.8, 4) is 17.2 Å². The second-order valence-corrected chi connectivity index (χ2v) is 7.64. The van der Waals surface area contributed by atoms with Gasteiger partial charge in [-0.05, 0) is 72.6 Å². The molecule has 0 bridgehead atoms. The van der Waals surface area contributed by atoms with E-state index in [2.05, 4.69) is 48.2 Å². The van der Waals surface area contributed by atoms with E-state index in [9.17, 15) is 5.11 Å². The van der Waals surface area contributed by atoms with Crippen molar-refractivity contribution in [2.24, 2.45) is 0 Å². The van der Waals surface area contributed by atoms with Crippen molar-refractivity contribution in [1.29, 1.82) is 0 Å². The normalized spacial score (nSPS) is 11.9. The largest absolute Gasteiger partial charge is 0.504 e. The van der Waals surface area contributed by atoms with E-state index in [-0.39, 0.29) is 5.75 Å². The molecule has 0 aliphatic rings. The Hall–Kier alpha value is -3.24. The summed E-state index contributed by atoms with van der Waals surface area (Å²) in [7, 11) is 5.64. The van der Waals surface area contributed by atoms with Crippen molar-refractivity contribution in [3.63, 3.8) is 0 Å². The number of nitrogens with zero attached hydrogens (tertiary/aromatic N) is 1. The van der Waals surface area contributed by atoms with Crippen molar-refractivity contribution in [2.75, 3.05) is 34.4 Å². The Balaban J connectivity index is 2.07. The van der Waals surface area contributed by atoms with Gasteiger partial charge in [-0.2, -0.15) is 0 Å². The quantitative estimate of drug-likeness (QED) is 0.453. The average Bonchev–Trinajstić information content (AvgIpc) is 2.79. The van der Waals surface area contributed by atoms with E-state index in [1.807, 2.05) is 44.4 Å². The van der Waals surface area contributed by atoms with Gasteiger partial charge in [0.05, 0.1) is 7.11 Å². The van der Waals surface area contributed by atoms with Crippen LogP contribution in [0.15, 0.2) is 72.8 Å². The molecule has 0 fully saturated rings. The highest BCUT2D eigenvalue weighted by Crippen LogP contribution is 2.38. The van der Waals surface area contributed by atoms with Crippen LogP contribution in [0.4, 0.5) is 0 Å². The first-order valence-electron chi connectivity index (χ1n) is 10.6. The molecule has 0 saturated carbocycles. The number of ether oxygens (including phenoxy) is 2. The van der Waals surface area contributed by atoms with Gasteiger partial charge >= 0.3 is 0 Å². The van der Waals surface area contributed by atoms with Crippen LogP contribution in [0.3, 0.4) is 0 Å². The van der Waals surface area contributed by atoms with Crippen LogP contribution in [0, 0.1) is 0 Å². The first kappa shape index (κ1) is 22.4. The van der Waals surface area contributed by atoms with E-state index in [1.165, 1.54) is 11.1 Å². The van der Waals surface area contributed by atoms with Crippen molar-refractivity contribution < 1.29 is 14.6 Å². The Kier molecular flexibility index (Phi) is 7.74. The predicted octanol–water partition coefficient (Wildman–Crippen LogP) is 5.71. The van der Waals surface area contributed by atoms with E-state index in [4.69, 9.17) is 9.47 Å². The number of methoxy groups -OCH3 is 1. The summed E-state index contributed by atoms with van der Waals surface area (Å²) in [5.74, 6) is 1.45. The standard InChI is InChI=1S/C27H31NO3/c1-5-24(20-9-7-6-8-10-20)27(22-13-16-25(29)26(19-22)30-4)21-11-14-23(15-12-21)31-18-17-28(2)3/h6-16,19,29H,5,17-18H2,1-4H3/b27-24+. The van der Waals surface area contributed by atoms with Gasteiger partial charge in [-0.1, -0.05) is 55.5 Å². The fraction of sp³-hybridized carbons (Fsp3) is 0.259. The molecule has 162 valence electrons. The summed E-state index contributed by atoms with van der Waals surface area (Å²) in [6.07, 6.45) is 0.865. The molecule has 3 aromatic rings. The number of benzene rings is 3. The Morgan fingerprint density at radius 2 is 1.55 bits per heavy atom. The van der Waals surface area contributed by atoms with Gasteiger partial charge in [0.25, 0.3) is 0 Å². The number of hydrogen-bond donors (Lipinski definition) is 1. The molecule has 3 aromatic carbocycles. The van der Waals surface area contributed by atoms with E-state index >= 15 is 0 Å². The fourth-order valence-corrected chi connectivity index (χ4v) is 3.58. The van der Waals surface area contributed by atoms with E-state index < -0.39 is 0 Å². The molecule has 4 heteroatoms. The lowest BCUT2D eigenvalue weighted by Gasteiger charge is -2.18. The molecule has 0 aliphatic carbocycles. The second-order valence-electron chi connectivity index (χ2n) is 7.64. The molecule has 4 nitrogen and oxygen atoms in total. The molecule has 0 amide bonds. The fourth-order valence-electron chi connectivity index (χ4n) is 3.58. The van der Waals surface area contributed by atoms with Crippen LogP contribution in [0.1, 0.15) is 30.0 Å². The molecule has 0 radical (unpaired) electrons. The van der Waals surface area contributed by atoms with Crippen LogP contribution in [0.2, 0.25) is 0 Å². The smallest absolute Gasteiger partial charge is 0.161 e. The number of allylic oxidation sites excluding steroid dienone is 1. The Morgan fingerprint density at radius 1 is 0.871 bits per heavy atom. The molecule has 0 heterocycles. The lowest BCUT2D eigenvalue weighted by atomic mass is 9.88. The minimum Gasteiger partial charge on any atom is -0.504 e. The third-order valence-corrected chi connectivity index (χ3v) is 5.20. The lowest BCUT2D eigenvalue weighted by Crippen LogP contribution is -2.19. The Labute approximate surface area is 185 Å². The zero-order chi connectivity index (χ0) is 22.2. The summed E-state index contributed by atoms with van der Waals surface area (Å²) in [6, 6.07) is 24.1.